The van der Waals surface area contributed by atoms with Gasteiger partial charge < -0.3 is 15.5 Å². The monoisotopic (exact) mass is 321 g/mol. The van der Waals surface area contributed by atoms with Gasteiger partial charge in [0, 0.05) is 17.1 Å². The van der Waals surface area contributed by atoms with E-state index >= 15 is 0 Å². The van der Waals surface area contributed by atoms with Gasteiger partial charge in [-0.3, -0.25) is 0 Å². The third-order valence-corrected chi connectivity index (χ3v) is 3.55. The highest BCUT2D eigenvalue weighted by atomic mass is 79.9. The summed E-state index contributed by atoms with van der Waals surface area (Å²) in [7, 11) is 0. The van der Waals surface area contributed by atoms with Gasteiger partial charge in [-0.2, -0.15) is 0 Å². The van der Waals surface area contributed by atoms with Crippen LogP contribution >= 0.6 is 15.9 Å². The molecule has 0 radical (unpaired) electrons. The van der Waals surface area contributed by atoms with E-state index in [4.69, 9.17) is 0 Å². The Kier molecular flexibility index (Phi) is 4.45. The van der Waals surface area contributed by atoms with E-state index in [0.717, 1.165) is 10.0 Å². The largest absolute Gasteiger partial charge is 0.507 e. The second-order valence-electron chi connectivity index (χ2n) is 4.44. The fraction of sp³-hybridized carbons (Fsp3) is 0.200. The van der Waals surface area contributed by atoms with Crippen LogP contribution < -0.4 is 5.32 Å². The zero-order valence-electron chi connectivity index (χ0n) is 10.6. The normalized spacial score (nSPS) is 12.3. The van der Waals surface area contributed by atoms with Gasteiger partial charge in [-0.25, -0.2) is 0 Å². The summed E-state index contributed by atoms with van der Waals surface area (Å²) in [6.07, 6.45) is 0. The number of phenols is 2. The fourth-order valence-corrected chi connectivity index (χ4v) is 2.22. The summed E-state index contributed by atoms with van der Waals surface area (Å²) in [5, 5.41) is 22.9. The zero-order chi connectivity index (χ0) is 13.8. The molecule has 0 aromatic heterocycles. The second kappa shape index (κ2) is 6.08. The number of benzene rings is 2. The maximum absolute atomic E-state index is 9.79. The average molecular weight is 322 g/mol. The van der Waals surface area contributed by atoms with Crippen molar-refractivity contribution in [1.29, 1.82) is 0 Å². The number of rotatable bonds is 4. The first kappa shape index (κ1) is 13.9. The molecule has 2 aromatic carbocycles. The summed E-state index contributed by atoms with van der Waals surface area (Å²) in [5.41, 5.74) is 1.67. The Labute approximate surface area is 121 Å². The molecule has 4 heteroatoms. The van der Waals surface area contributed by atoms with Gasteiger partial charge in [-0.1, -0.05) is 34.1 Å². The first-order valence-corrected chi connectivity index (χ1v) is 6.86. The van der Waals surface area contributed by atoms with Crippen LogP contribution in [0.4, 0.5) is 0 Å². The smallest absolute Gasteiger partial charge is 0.124 e. The van der Waals surface area contributed by atoms with Crippen molar-refractivity contribution < 1.29 is 10.2 Å². The topological polar surface area (TPSA) is 52.5 Å². The molecule has 0 fully saturated rings. The van der Waals surface area contributed by atoms with Crippen molar-refractivity contribution in [3.63, 3.8) is 0 Å². The molecular formula is C15H16BrNO2. The molecule has 0 spiro atoms. The molecule has 0 amide bonds. The lowest BCUT2D eigenvalue weighted by Gasteiger charge is -2.17. The van der Waals surface area contributed by atoms with Crippen LogP contribution in [0, 0.1) is 0 Å². The van der Waals surface area contributed by atoms with Gasteiger partial charge in [0.1, 0.15) is 11.5 Å². The van der Waals surface area contributed by atoms with Crippen molar-refractivity contribution in [2.75, 3.05) is 0 Å². The van der Waals surface area contributed by atoms with Crippen LogP contribution in [0.1, 0.15) is 24.1 Å². The number of phenolic OH excluding ortho intramolecular Hbond substituents is 2. The van der Waals surface area contributed by atoms with Crippen LogP contribution in [-0.4, -0.2) is 10.2 Å². The Morgan fingerprint density at radius 3 is 2.21 bits per heavy atom. The van der Waals surface area contributed by atoms with Crippen molar-refractivity contribution in [2.45, 2.75) is 19.5 Å². The van der Waals surface area contributed by atoms with Gasteiger partial charge in [-0.05, 0) is 36.8 Å². The highest BCUT2D eigenvalue weighted by molar-refractivity contribution is 9.10. The molecule has 19 heavy (non-hydrogen) atoms. The van der Waals surface area contributed by atoms with Crippen molar-refractivity contribution in [1.82, 2.24) is 5.32 Å². The van der Waals surface area contributed by atoms with E-state index < -0.39 is 0 Å². The SMILES string of the molecule is CC(NCc1ccc(Br)cc1)c1c(O)cccc1O. The van der Waals surface area contributed by atoms with E-state index in [-0.39, 0.29) is 17.5 Å². The Bertz CT molecular complexity index is 534. The lowest BCUT2D eigenvalue weighted by molar-refractivity contribution is 0.418. The molecule has 1 unspecified atom stereocenters. The first-order valence-electron chi connectivity index (χ1n) is 6.06. The van der Waals surface area contributed by atoms with E-state index in [9.17, 15) is 10.2 Å². The summed E-state index contributed by atoms with van der Waals surface area (Å²) >= 11 is 3.39. The van der Waals surface area contributed by atoms with Crippen LogP contribution in [0.3, 0.4) is 0 Å². The summed E-state index contributed by atoms with van der Waals surface area (Å²) < 4.78 is 1.04. The molecule has 0 saturated heterocycles. The van der Waals surface area contributed by atoms with Gasteiger partial charge in [0.25, 0.3) is 0 Å². The van der Waals surface area contributed by atoms with Crippen molar-refractivity contribution in [3.8, 4) is 11.5 Å². The maximum atomic E-state index is 9.79. The summed E-state index contributed by atoms with van der Waals surface area (Å²) in [5.74, 6) is 0.214. The number of hydrogen-bond donors (Lipinski definition) is 3. The molecule has 2 rings (SSSR count). The molecule has 2 aromatic rings. The van der Waals surface area contributed by atoms with Crippen molar-refractivity contribution in [3.05, 3.63) is 58.1 Å². The molecule has 0 aliphatic heterocycles. The van der Waals surface area contributed by atoms with Crippen LogP contribution in [0.2, 0.25) is 0 Å². The van der Waals surface area contributed by atoms with Gasteiger partial charge >= 0.3 is 0 Å². The minimum Gasteiger partial charge on any atom is -0.507 e. The molecule has 100 valence electrons. The Morgan fingerprint density at radius 1 is 1.05 bits per heavy atom. The van der Waals surface area contributed by atoms with Crippen LogP contribution in [0.15, 0.2) is 46.9 Å². The van der Waals surface area contributed by atoms with Crippen LogP contribution in [-0.2, 0) is 6.54 Å². The summed E-state index contributed by atoms with van der Waals surface area (Å²) in [6.45, 7) is 2.58. The van der Waals surface area contributed by atoms with Gasteiger partial charge in [0.05, 0.1) is 5.56 Å². The van der Waals surface area contributed by atoms with E-state index in [0.29, 0.717) is 12.1 Å². The molecule has 0 aliphatic carbocycles. The molecule has 1 atom stereocenters. The van der Waals surface area contributed by atoms with E-state index in [1.54, 1.807) is 18.2 Å². The molecular weight excluding hydrogens is 306 g/mol. The number of nitrogens with one attached hydrogen (secondary N) is 1. The molecule has 3 nitrogen and oxygen atoms in total. The number of hydrogen-bond acceptors (Lipinski definition) is 3. The summed E-state index contributed by atoms with van der Waals surface area (Å²) in [4.78, 5) is 0. The third-order valence-electron chi connectivity index (χ3n) is 3.02. The Morgan fingerprint density at radius 2 is 1.63 bits per heavy atom. The van der Waals surface area contributed by atoms with E-state index in [1.807, 2.05) is 31.2 Å². The minimum absolute atomic E-state index is 0.107. The highest BCUT2D eigenvalue weighted by Crippen LogP contribution is 2.32. The van der Waals surface area contributed by atoms with E-state index in [2.05, 4.69) is 21.2 Å². The highest BCUT2D eigenvalue weighted by Gasteiger charge is 2.14. The number of aromatic hydroxyl groups is 2. The number of halogens is 1. The maximum Gasteiger partial charge on any atom is 0.124 e. The van der Waals surface area contributed by atoms with Crippen LogP contribution in [0.25, 0.3) is 0 Å². The quantitative estimate of drug-likeness (QED) is 0.804. The predicted molar refractivity (Wildman–Crippen MR) is 79.2 cm³/mol. The molecule has 0 aliphatic rings. The van der Waals surface area contributed by atoms with Gasteiger partial charge in [0.2, 0.25) is 0 Å². The first-order chi connectivity index (χ1) is 9.08. The molecule has 0 heterocycles. The molecule has 3 N–H and O–H groups in total. The zero-order valence-corrected chi connectivity index (χ0v) is 12.2. The standard InChI is InChI=1S/C15H16BrNO2/c1-10(15-13(18)3-2-4-14(15)19)17-9-11-5-7-12(16)8-6-11/h2-8,10,17-19H,9H2,1H3. The third kappa shape index (κ3) is 3.49. The lowest BCUT2D eigenvalue weighted by Crippen LogP contribution is -2.18. The van der Waals surface area contributed by atoms with E-state index in [1.165, 1.54) is 0 Å². The lowest BCUT2D eigenvalue weighted by atomic mass is 10.1. The van der Waals surface area contributed by atoms with Crippen molar-refractivity contribution >= 4 is 15.9 Å². The average Bonchev–Trinajstić information content (AvgIpc) is 2.38. The molecule has 0 bridgehead atoms. The Balaban J connectivity index is 2.05. The Hall–Kier alpha value is -1.52. The molecule has 0 saturated carbocycles. The summed E-state index contributed by atoms with van der Waals surface area (Å²) in [6, 6.07) is 12.7. The minimum atomic E-state index is -0.134. The van der Waals surface area contributed by atoms with Gasteiger partial charge in [0.15, 0.2) is 0 Å². The fourth-order valence-electron chi connectivity index (χ4n) is 1.96. The van der Waals surface area contributed by atoms with Gasteiger partial charge in [-0.15, -0.1) is 0 Å². The van der Waals surface area contributed by atoms with Crippen molar-refractivity contribution in [2.24, 2.45) is 0 Å². The van der Waals surface area contributed by atoms with Crippen LogP contribution in [0.5, 0.6) is 11.5 Å². The predicted octanol–water partition coefficient (Wildman–Crippen LogP) is 3.71. The second-order valence-corrected chi connectivity index (χ2v) is 5.35.